The molecule has 0 unspecified atom stereocenters. The minimum absolute atomic E-state index is 0.0417. The van der Waals surface area contributed by atoms with Gasteiger partial charge in [0.05, 0.1) is 12.2 Å². The number of aliphatic imine (C=N–C) groups is 1. The van der Waals surface area contributed by atoms with Gasteiger partial charge in [-0.15, -0.1) is 0 Å². The fourth-order valence-corrected chi connectivity index (χ4v) is 4.61. The number of rotatable bonds is 4. The van der Waals surface area contributed by atoms with Gasteiger partial charge in [-0.1, -0.05) is 25.1 Å². The number of hydrogen-bond acceptors (Lipinski definition) is 4. The van der Waals surface area contributed by atoms with Gasteiger partial charge in [0, 0.05) is 23.4 Å². The van der Waals surface area contributed by atoms with Crippen LogP contribution in [0.3, 0.4) is 0 Å². The van der Waals surface area contributed by atoms with Crippen molar-refractivity contribution in [3.8, 4) is 0 Å². The zero-order valence-electron chi connectivity index (χ0n) is 16.9. The summed E-state index contributed by atoms with van der Waals surface area (Å²) in [6, 6.07) is 11.9. The quantitative estimate of drug-likeness (QED) is 0.638. The van der Waals surface area contributed by atoms with Gasteiger partial charge in [0.25, 0.3) is 10.0 Å². The maximum atomic E-state index is 14.9. The Kier molecular flexibility index (Phi) is 5.45. The number of halogens is 2. The van der Waals surface area contributed by atoms with Crippen LogP contribution in [-0.4, -0.2) is 19.4 Å². The maximum Gasteiger partial charge on any atom is 0.266 e. The van der Waals surface area contributed by atoms with Gasteiger partial charge in [-0.2, -0.15) is 0 Å². The molecule has 0 fully saturated rings. The number of hydrogen-bond donors (Lipinski definition) is 2. The Morgan fingerprint density at radius 1 is 1.13 bits per heavy atom. The molecule has 2 heterocycles. The van der Waals surface area contributed by atoms with Crippen molar-refractivity contribution in [2.45, 2.75) is 31.2 Å². The molecular weight excluding hydrogens is 422 g/mol. The summed E-state index contributed by atoms with van der Waals surface area (Å²) in [6.45, 7) is 3.67. The predicted molar refractivity (Wildman–Crippen MR) is 114 cm³/mol. The molecular formula is C22H20F2N4O2S. The third-order valence-electron chi connectivity index (χ3n) is 5.09. The molecule has 2 aromatic carbocycles. The Labute approximate surface area is 179 Å². The van der Waals surface area contributed by atoms with Crippen molar-refractivity contribution < 1.29 is 17.2 Å². The summed E-state index contributed by atoms with van der Waals surface area (Å²) in [5, 5.41) is 2.91. The summed E-state index contributed by atoms with van der Waals surface area (Å²) in [7, 11) is -3.97. The third kappa shape index (κ3) is 4.27. The molecule has 3 aromatic rings. The van der Waals surface area contributed by atoms with Crippen LogP contribution in [0, 0.1) is 18.6 Å². The van der Waals surface area contributed by atoms with Crippen LogP contribution in [0.15, 0.2) is 64.6 Å². The number of pyridine rings is 1. The monoisotopic (exact) mass is 442 g/mol. The van der Waals surface area contributed by atoms with Crippen molar-refractivity contribution in [3.05, 3.63) is 88.7 Å². The van der Waals surface area contributed by atoms with Crippen molar-refractivity contribution in [2.24, 2.45) is 4.99 Å². The van der Waals surface area contributed by atoms with Gasteiger partial charge in [-0.3, -0.25) is 4.98 Å². The lowest BCUT2D eigenvalue weighted by Crippen LogP contribution is -2.41. The average molecular weight is 442 g/mol. The smallest absolute Gasteiger partial charge is 0.266 e. The van der Waals surface area contributed by atoms with E-state index in [0.29, 0.717) is 5.56 Å². The van der Waals surface area contributed by atoms with E-state index in [4.69, 9.17) is 0 Å². The van der Waals surface area contributed by atoms with Crippen molar-refractivity contribution >= 4 is 21.7 Å². The van der Waals surface area contributed by atoms with E-state index < -0.39 is 27.6 Å². The van der Waals surface area contributed by atoms with Crippen LogP contribution in [0.4, 0.5) is 14.5 Å². The molecule has 0 radical (unpaired) electrons. The second-order valence-electron chi connectivity index (χ2n) is 7.31. The topological polar surface area (TPSA) is 83.5 Å². The van der Waals surface area contributed by atoms with E-state index in [-0.39, 0.29) is 28.7 Å². The zero-order chi connectivity index (χ0) is 22.2. The number of anilines is 1. The number of benzene rings is 2. The Bertz CT molecular complexity index is 1280. The molecule has 1 aliphatic heterocycles. The predicted octanol–water partition coefficient (Wildman–Crippen LogP) is 4.08. The lowest BCUT2D eigenvalue weighted by atomic mass is 9.92. The van der Waals surface area contributed by atoms with E-state index >= 15 is 0 Å². The first-order valence-corrected chi connectivity index (χ1v) is 11.1. The lowest BCUT2D eigenvalue weighted by Gasteiger charge is -2.26. The zero-order valence-corrected chi connectivity index (χ0v) is 17.7. The third-order valence-corrected chi connectivity index (χ3v) is 6.48. The lowest BCUT2D eigenvalue weighted by molar-refractivity contribution is 0.586. The van der Waals surface area contributed by atoms with Gasteiger partial charge in [0.1, 0.15) is 16.5 Å². The van der Waals surface area contributed by atoms with Crippen LogP contribution in [0.5, 0.6) is 0 Å². The van der Waals surface area contributed by atoms with E-state index in [1.165, 1.54) is 18.2 Å². The Hall–Kier alpha value is -3.33. The molecule has 1 atom stereocenters. The molecule has 4 rings (SSSR count). The summed E-state index contributed by atoms with van der Waals surface area (Å²) in [5.41, 5.74) is 2.46. The number of aromatic nitrogens is 1. The van der Waals surface area contributed by atoms with Crippen LogP contribution in [0.25, 0.3) is 0 Å². The SMILES string of the molecule is Cc1ccc([C@H](C)c2c(F)ccc3c2NC(=NCc2cccc(F)c2)NS3(=O)=O)cn1. The largest absolute Gasteiger partial charge is 0.324 e. The van der Waals surface area contributed by atoms with E-state index in [1.807, 2.05) is 19.1 Å². The van der Waals surface area contributed by atoms with Gasteiger partial charge in [-0.25, -0.2) is 26.9 Å². The highest BCUT2D eigenvalue weighted by Gasteiger charge is 2.32. The van der Waals surface area contributed by atoms with Gasteiger partial charge >= 0.3 is 0 Å². The van der Waals surface area contributed by atoms with Crippen LogP contribution in [-0.2, 0) is 16.6 Å². The highest BCUT2D eigenvalue weighted by molar-refractivity contribution is 7.90. The fourth-order valence-electron chi connectivity index (χ4n) is 3.46. The number of aryl methyl sites for hydroxylation is 1. The molecule has 0 saturated heterocycles. The molecule has 6 nitrogen and oxygen atoms in total. The van der Waals surface area contributed by atoms with Crippen molar-refractivity contribution in [3.63, 3.8) is 0 Å². The minimum atomic E-state index is -3.97. The Morgan fingerprint density at radius 2 is 1.94 bits per heavy atom. The Morgan fingerprint density at radius 3 is 2.65 bits per heavy atom. The van der Waals surface area contributed by atoms with E-state index in [9.17, 15) is 17.2 Å². The molecule has 1 aromatic heterocycles. The summed E-state index contributed by atoms with van der Waals surface area (Å²) in [6.07, 6.45) is 1.65. The fraction of sp³-hybridized carbons (Fsp3) is 0.182. The summed E-state index contributed by atoms with van der Waals surface area (Å²) < 4.78 is 56.2. The second kappa shape index (κ2) is 8.07. The summed E-state index contributed by atoms with van der Waals surface area (Å²) in [4.78, 5) is 8.40. The molecule has 160 valence electrons. The number of nitrogens with zero attached hydrogens (tertiary/aromatic N) is 2. The van der Waals surface area contributed by atoms with Gasteiger partial charge < -0.3 is 5.32 Å². The average Bonchev–Trinajstić information content (AvgIpc) is 2.72. The number of fused-ring (bicyclic) bond motifs is 1. The first kappa shape index (κ1) is 20.9. The highest BCUT2D eigenvalue weighted by atomic mass is 32.2. The second-order valence-corrected chi connectivity index (χ2v) is 8.96. The van der Waals surface area contributed by atoms with Crippen molar-refractivity contribution in [1.82, 2.24) is 9.71 Å². The molecule has 1 aliphatic rings. The summed E-state index contributed by atoms with van der Waals surface area (Å²) >= 11 is 0. The first-order valence-electron chi connectivity index (χ1n) is 9.58. The molecule has 0 bridgehead atoms. The van der Waals surface area contributed by atoms with Gasteiger partial charge in [0.15, 0.2) is 0 Å². The number of nitrogens with one attached hydrogen (secondary N) is 2. The molecule has 9 heteroatoms. The molecule has 0 amide bonds. The van der Waals surface area contributed by atoms with E-state index in [0.717, 1.165) is 17.3 Å². The van der Waals surface area contributed by atoms with Gasteiger partial charge in [0.2, 0.25) is 5.96 Å². The molecule has 0 aliphatic carbocycles. The van der Waals surface area contributed by atoms with Crippen LogP contribution in [0.1, 0.15) is 35.2 Å². The van der Waals surface area contributed by atoms with Crippen LogP contribution in [0.2, 0.25) is 0 Å². The van der Waals surface area contributed by atoms with Gasteiger partial charge in [-0.05, 0) is 48.4 Å². The molecule has 31 heavy (non-hydrogen) atoms. The highest BCUT2D eigenvalue weighted by Crippen LogP contribution is 2.37. The van der Waals surface area contributed by atoms with Crippen molar-refractivity contribution in [2.75, 3.05) is 5.32 Å². The summed E-state index contributed by atoms with van der Waals surface area (Å²) in [5.74, 6) is -1.47. The number of guanidine groups is 1. The number of sulfonamides is 1. The normalized spacial score (nSPS) is 16.8. The Balaban J connectivity index is 1.75. The van der Waals surface area contributed by atoms with Crippen LogP contribution >= 0.6 is 0 Å². The van der Waals surface area contributed by atoms with Crippen molar-refractivity contribution in [1.29, 1.82) is 0 Å². The van der Waals surface area contributed by atoms with E-state index in [1.54, 1.807) is 25.3 Å². The standard InChI is InChI=1S/C22H20F2N4O2S/c1-13-6-7-16(12-25-13)14(2)20-18(24)8-9-19-21(20)27-22(28-31(19,29)30)26-11-15-4-3-5-17(23)10-15/h3-10,12,14H,11H2,1-2H3,(H2,26,27,28)/t14-/m0/s1. The van der Waals surface area contributed by atoms with E-state index in [2.05, 4.69) is 20.0 Å². The molecule has 0 saturated carbocycles. The molecule has 2 N–H and O–H groups in total. The maximum absolute atomic E-state index is 14.9. The minimum Gasteiger partial charge on any atom is -0.324 e. The first-order chi connectivity index (χ1) is 14.7. The van der Waals surface area contributed by atoms with Crippen LogP contribution < -0.4 is 10.0 Å². The molecule has 0 spiro atoms.